The van der Waals surface area contributed by atoms with Crippen LogP contribution in [0, 0.1) is 11.3 Å². The maximum Gasteiger partial charge on any atom is 0.407 e. The molecule has 6 amide bonds. The Labute approximate surface area is 254 Å². The highest BCUT2D eigenvalue weighted by Gasteiger charge is 2.29. The molecule has 3 atom stereocenters. The first-order valence-electron chi connectivity index (χ1n) is 14.7. The van der Waals surface area contributed by atoms with Gasteiger partial charge in [0, 0.05) is 25.2 Å². The van der Waals surface area contributed by atoms with E-state index in [0.717, 1.165) is 0 Å². The molecule has 0 aliphatic carbocycles. The Bertz CT molecular complexity index is 1060. The van der Waals surface area contributed by atoms with Crippen LogP contribution in [-0.4, -0.2) is 66.2 Å². The number of anilines is 1. The minimum absolute atomic E-state index is 0.00805. The lowest BCUT2D eigenvalue weighted by Gasteiger charge is -2.26. The zero-order chi connectivity index (χ0) is 32.6. The zero-order valence-electron chi connectivity index (χ0n) is 26.2. The number of hydrogen-bond acceptors (Lipinski definition) is 7. The largest absolute Gasteiger partial charge is 0.445 e. The minimum Gasteiger partial charge on any atom is -0.445 e. The first-order valence-corrected chi connectivity index (χ1v) is 14.7. The average Bonchev–Trinajstić information content (AvgIpc) is 2.93. The lowest BCUT2D eigenvalue weighted by Crippen LogP contribution is -2.54. The van der Waals surface area contributed by atoms with Crippen LogP contribution in [-0.2, 0) is 25.7 Å². The van der Waals surface area contributed by atoms with Gasteiger partial charge in [0.25, 0.3) is 0 Å². The van der Waals surface area contributed by atoms with Crippen molar-refractivity contribution in [3.63, 3.8) is 0 Å². The van der Waals surface area contributed by atoms with Gasteiger partial charge in [-0.15, -0.1) is 0 Å². The number of carbonyl (C=O) groups excluding carboxylic acids is 5. The van der Waals surface area contributed by atoms with Gasteiger partial charge in [0.2, 0.25) is 17.7 Å². The van der Waals surface area contributed by atoms with Crippen molar-refractivity contribution in [3.8, 4) is 0 Å². The van der Waals surface area contributed by atoms with E-state index in [4.69, 9.17) is 10.5 Å². The Morgan fingerprint density at radius 1 is 0.977 bits per heavy atom. The number of aliphatic hydroxyl groups is 1. The van der Waals surface area contributed by atoms with Gasteiger partial charge in [-0.2, -0.15) is 0 Å². The van der Waals surface area contributed by atoms with E-state index in [1.165, 1.54) is 0 Å². The van der Waals surface area contributed by atoms with Crippen molar-refractivity contribution in [2.75, 3.05) is 18.4 Å². The summed E-state index contributed by atoms with van der Waals surface area (Å²) in [5.74, 6) is -1.44. The molecule has 0 saturated carbocycles. The fourth-order valence-electron chi connectivity index (χ4n) is 3.78. The first kappa shape index (κ1) is 37.2. The lowest BCUT2D eigenvalue weighted by molar-refractivity contribution is -0.132. The second-order valence-corrected chi connectivity index (χ2v) is 12.0. The molecule has 0 bridgehead atoms. The number of rotatable bonds is 17. The van der Waals surface area contributed by atoms with Gasteiger partial charge in [-0.3, -0.25) is 14.4 Å². The maximum atomic E-state index is 13.2. The van der Waals surface area contributed by atoms with Crippen molar-refractivity contribution < 1.29 is 33.8 Å². The van der Waals surface area contributed by atoms with Crippen molar-refractivity contribution in [2.24, 2.45) is 17.1 Å². The van der Waals surface area contributed by atoms with E-state index in [9.17, 15) is 29.1 Å². The predicted molar refractivity (Wildman–Crippen MR) is 164 cm³/mol. The molecule has 0 fully saturated rings. The van der Waals surface area contributed by atoms with E-state index < -0.39 is 42.1 Å². The second kappa shape index (κ2) is 18.6. The number of amides is 6. The third-order valence-electron chi connectivity index (χ3n) is 6.51. The lowest BCUT2D eigenvalue weighted by atomic mass is 9.90. The highest BCUT2D eigenvalue weighted by atomic mass is 16.5. The number of nitrogens with one attached hydrogen (secondary N) is 5. The van der Waals surface area contributed by atoms with Crippen LogP contribution < -0.4 is 32.3 Å². The van der Waals surface area contributed by atoms with Crippen LogP contribution in [0.5, 0.6) is 0 Å². The van der Waals surface area contributed by atoms with Crippen molar-refractivity contribution in [3.05, 3.63) is 29.8 Å². The highest BCUT2D eigenvalue weighted by Crippen LogP contribution is 2.20. The Morgan fingerprint density at radius 2 is 1.63 bits per heavy atom. The van der Waals surface area contributed by atoms with Gasteiger partial charge in [-0.05, 0) is 54.7 Å². The number of urea groups is 1. The monoisotopic (exact) mass is 606 g/mol. The van der Waals surface area contributed by atoms with Gasteiger partial charge in [0.05, 0.1) is 6.10 Å². The molecule has 13 heteroatoms. The fourth-order valence-corrected chi connectivity index (χ4v) is 3.78. The molecule has 8 N–H and O–H groups in total. The third kappa shape index (κ3) is 16.4. The van der Waals surface area contributed by atoms with Gasteiger partial charge >= 0.3 is 12.1 Å². The Balaban J connectivity index is 2.85. The number of alkyl carbamates (subject to hydrolysis) is 1. The summed E-state index contributed by atoms with van der Waals surface area (Å²) in [5, 5.41) is 22.8. The molecule has 0 saturated heterocycles. The normalized spacial score (nSPS) is 13.3. The molecule has 13 nitrogen and oxygen atoms in total. The molecule has 1 aromatic carbocycles. The summed E-state index contributed by atoms with van der Waals surface area (Å²) in [6, 6.07) is 4.13. The van der Waals surface area contributed by atoms with Crippen molar-refractivity contribution in [2.45, 2.75) is 98.4 Å². The molecule has 1 unspecified atom stereocenters. The SMILES string of the molecule is CCC(O)CNC(=O)OCc1ccc(NC(=O)[C@H](CCCNC(N)=O)NC(=O)[C@@H](NC(=O)CCC(C)(C)C)C(C)C)cc1. The molecule has 242 valence electrons. The van der Waals surface area contributed by atoms with Crippen molar-refractivity contribution in [1.29, 1.82) is 0 Å². The van der Waals surface area contributed by atoms with Crippen molar-refractivity contribution in [1.82, 2.24) is 21.3 Å². The number of aliphatic hydroxyl groups excluding tert-OH is 1. The molecular weight excluding hydrogens is 556 g/mol. The van der Waals surface area contributed by atoms with Crippen LogP contribution >= 0.6 is 0 Å². The highest BCUT2D eigenvalue weighted by molar-refractivity contribution is 5.98. The summed E-state index contributed by atoms with van der Waals surface area (Å²) < 4.78 is 5.13. The van der Waals surface area contributed by atoms with E-state index >= 15 is 0 Å². The van der Waals surface area contributed by atoms with E-state index in [1.807, 2.05) is 34.6 Å². The van der Waals surface area contributed by atoms with Crippen LogP contribution in [0.4, 0.5) is 15.3 Å². The standard InChI is InChI=1S/C30H50N6O7/c1-7-22(37)17-33-29(42)43-18-20-10-12-21(13-11-20)34-26(39)23(9-8-16-32-28(31)41)35-27(40)25(19(2)3)36-24(38)14-15-30(4,5)6/h10-13,19,22-23,25,37H,7-9,14-18H2,1-6H3,(H,33,42)(H,34,39)(H,35,40)(H,36,38)(H3,31,32,41)/t22?,23-,25-/m0/s1. The molecule has 0 spiro atoms. The van der Waals surface area contributed by atoms with E-state index in [2.05, 4.69) is 26.6 Å². The molecule has 0 aliphatic heterocycles. The first-order chi connectivity index (χ1) is 20.1. The molecular formula is C30H50N6O7. The van der Waals surface area contributed by atoms with Crippen LogP contribution in [0.25, 0.3) is 0 Å². The van der Waals surface area contributed by atoms with Gasteiger partial charge < -0.3 is 42.2 Å². The Hall–Kier alpha value is -3.87. The topological polar surface area (TPSA) is 201 Å². The number of ether oxygens (including phenoxy) is 1. The van der Waals surface area contributed by atoms with Crippen LogP contribution in [0.1, 0.15) is 79.2 Å². The molecule has 1 aromatic rings. The Morgan fingerprint density at radius 3 is 2.19 bits per heavy atom. The maximum absolute atomic E-state index is 13.2. The van der Waals surface area contributed by atoms with Gasteiger partial charge in [0.1, 0.15) is 18.7 Å². The predicted octanol–water partition coefficient (Wildman–Crippen LogP) is 2.52. The molecule has 1 rings (SSSR count). The van der Waals surface area contributed by atoms with Crippen LogP contribution in [0.15, 0.2) is 24.3 Å². The second-order valence-electron chi connectivity index (χ2n) is 12.0. The number of benzene rings is 1. The number of carbonyl (C=O) groups is 5. The average molecular weight is 607 g/mol. The van der Waals surface area contributed by atoms with E-state index in [-0.39, 0.29) is 49.8 Å². The minimum atomic E-state index is -0.958. The Kier molecular flexibility index (Phi) is 16.1. The fraction of sp³-hybridized carbons (Fsp3) is 0.633. The quantitative estimate of drug-likeness (QED) is 0.132. The smallest absolute Gasteiger partial charge is 0.407 e. The zero-order valence-corrected chi connectivity index (χ0v) is 26.2. The number of nitrogens with two attached hydrogens (primary N) is 1. The molecule has 0 heterocycles. The summed E-state index contributed by atoms with van der Waals surface area (Å²) in [7, 11) is 0. The van der Waals surface area contributed by atoms with E-state index in [1.54, 1.807) is 31.2 Å². The third-order valence-corrected chi connectivity index (χ3v) is 6.51. The van der Waals surface area contributed by atoms with Gasteiger partial charge in [-0.1, -0.05) is 53.7 Å². The van der Waals surface area contributed by atoms with E-state index in [0.29, 0.717) is 30.5 Å². The van der Waals surface area contributed by atoms with Gasteiger partial charge in [0.15, 0.2) is 0 Å². The van der Waals surface area contributed by atoms with Crippen molar-refractivity contribution >= 4 is 35.5 Å². The summed E-state index contributed by atoms with van der Waals surface area (Å²) in [6.45, 7) is 11.8. The summed E-state index contributed by atoms with van der Waals surface area (Å²) in [6.07, 6.45) is 0.708. The molecule has 43 heavy (non-hydrogen) atoms. The molecule has 0 aromatic heterocycles. The molecule has 0 aliphatic rings. The number of hydrogen-bond donors (Lipinski definition) is 7. The molecule has 0 radical (unpaired) electrons. The number of primary amides is 1. The summed E-state index contributed by atoms with van der Waals surface area (Å²) in [5.41, 5.74) is 6.22. The van der Waals surface area contributed by atoms with Crippen LogP contribution in [0.2, 0.25) is 0 Å². The van der Waals surface area contributed by atoms with Crippen LogP contribution in [0.3, 0.4) is 0 Å². The summed E-state index contributed by atoms with van der Waals surface area (Å²) >= 11 is 0. The summed E-state index contributed by atoms with van der Waals surface area (Å²) in [4.78, 5) is 61.9. The van der Waals surface area contributed by atoms with Gasteiger partial charge in [-0.25, -0.2) is 9.59 Å².